The molecule has 1 aromatic carbocycles. The lowest BCUT2D eigenvalue weighted by atomic mass is 9.82. The van der Waals surface area contributed by atoms with Crippen LogP contribution < -0.4 is 14.8 Å². The number of aromatic amines is 1. The van der Waals surface area contributed by atoms with Gasteiger partial charge >= 0.3 is 7.12 Å². The van der Waals surface area contributed by atoms with Gasteiger partial charge in [0.1, 0.15) is 11.5 Å². The zero-order valence-corrected chi connectivity index (χ0v) is 7.31. The molecule has 0 unspecified atom stereocenters. The molecule has 5 heteroatoms. The molecule has 0 radical (unpaired) electrons. The van der Waals surface area contributed by atoms with Gasteiger partial charge in [-0.2, -0.15) is 5.10 Å². The maximum Gasteiger partial charge on any atom is 0.636 e. The molecular formula is C9H7BN2O2. The predicted molar refractivity (Wildman–Crippen MR) is 51.7 cm³/mol. The van der Waals surface area contributed by atoms with Crippen LogP contribution in [-0.2, 0) is 0 Å². The van der Waals surface area contributed by atoms with Gasteiger partial charge in [-0.15, -0.1) is 0 Å². The summed E-state index contributed by atoms with van der Waals surface area (Å²) in [6, 6.07) is 7.60. The SMILES string of the molecule is c1ccc2c(c1)OB(c1cn[nH]c1)O2. The quantitative estimate of drug-likeness (QED) is 0.662. The van der Waals surface area contributed by atoms with E-state index in [1.807, 2.05) is 24.3 Å². The first-order valence-corrected chi connectivity index (χ1v) is 4.34. The Balaban J connectivity index is 1.92. The summed E-state index contributed by atoms with van der Waals surface area (Å²) in [4.78, 5) is 0. The predicted octanol–water partition coefficient (Wildman–Crippen LogP) is 0.576. The second-order valence-corrected chi connectivity index (χ2v) is 3.05. The maximum atomic E-state index is 5.57. The van der Waals surface area contributed by atoms with Crippen LogP contribution in [0.3, 0.4) is 0 Å². The number of hydrogen-bond acceptors (Lipinski definition) is 3. The normalized spacial score (nSPS) is 13.3. The molecule has 1 aliphatic rings. The van der Waals surface area contributed by atoms with E-state index >= 15 is 0 Å². The molecule has 0 spiro atoms. The zero-order chi connectivity index (χ0) is 9.38. The first-order chi connectivity index (χ1) is 6.93. The van der Waals surface area contributed by atoms with Crippen molar-refractivity contribution in [3.05, 3.63) is 36.7 Å². The van der Waals surface area contributed by atoms with Gasteiger partial charge in [0.15, 0.2) is 0 Å². The third-order valence-corrected chi connectivity index (χ3v) is 2.11. The molecule has 0 amide bonds. The minimum Gasteiger partial charge on any atom is -0.519 e. The summed E-state index contributed by atoms with van der Waals surface area (Å²) in [5.41, 5.74) is 0.890. The maximum absolute atomic E-state index is 5.57. The smallest absolute Gasteiger partial charge is 0.519 e. The Labute approximate surface area is 81.0 Å². The number of nitrogens with zero attached hydrogens (tertiary/aromatic N) is 1. The third-order valence-electron chi connectivity index (χ3n) is 2.11. The van der Waals surface area contributed by atoms with E-state index in [0.29, 0.717) is 0 Å². The highest BCUT2D eigenvalue weighted by Crippen LogP contribution is 2.32. The van der Waals surface area contributed by atoms with Crippen molar-refractivity contribution in [1.82, 2.24) is 10.2 Å². The molecular weight excluding hydrogens is 179 g/mol. The van der Waals surface area contributed by atoms with Crippen LogP contribution in [0, 0.1) is 0 Å². The van der Waals surface area contributed by atoms with Crippen molar-refractivity contribution in [1.29, 1.82) is 0 Å². The summed E-state index contributed by atoms with van der Waals surface area (Å²) >= 11 is 0. The van der Waals surface area contributed by atoms with Crippen molar-refractivity contribution >= 4 is 12.6 Å². The van der Waals surface area contributed by atoms with Gasteiger partial charge in [-0.1, -0.05) is 12.1 Å². The lowest BCUT2D eigenvalue weighted by molar-refractivity contribution is 0.519. The molecule has 0 bridgehead atoms. The Kier molecular flexibility index (Phi) is 1.50. The van der Waals surface area contributed by atoms with Gasteiger partial charge in [-0.25, -0.2) is 0 Å². The fraction of sp³-hybridized carbons (Fsp3) is 0. The number of benzene rings is 1. The van der Waals surface area contributed by atoms with E-state index < -0.39 is 0 Å². The molecule has 14 heavy (non-hydrogen) atoms. The molecule has 1 aliphatic heterocycles. The molecule has 1 aromatic heterocycles. The van der Waals surface area contributed by atoms with Gasteiger partial charge in [0.05, 0.1) is 6.20 Å². The fourth-order valence-electron chi connectivity index (χ4n) is 1.43. The Bertz CT molecular complexity index is 419. The number of fused-ring (bicyclic) bond motifs is 1. The Morgan fingerprint density at radius 2 is 1.86 bits per heavy atom. The third kappa shape index (κ3) is 1.06. The van der Waals surface area contributed by atoms with Crippen molar-refractivity contribution < 1.29 is 9.31 Å². The molecule has 2 aromatic rings. The van der Waals surface area contributed by atoms with Gasteiger partial charge in [0.2, 0.25) is 0 Å². The number of rotatable bonds is 1. The highest BCUT2D eigenvalue weighted by Gasteiger charge is 2.34. The molecule has 2 heterocycles. The van der Waals surface area contributed by atoms with Crippen molar-refractivity contribution in [2.75, 3.05) is 0 Å². The average molecular weight is 186 g/mol. The van der Waals surface area contributed by atoms with E-state index in [1.54, 1.807) is 12.4 Å². The van der Waals surface area contributed by atoms with Gasteiger partial charge in [-0.05, 0) is 12.1 Å². The summed E-state index contributed by atoms with van der Waals surface area (Å²) < 4.78 is 11.1. The summed E-state index contributed by atoms with van der Waals surface area (Å²) in [5, 5.41) is 6.57. The lowest BCUT2D eigenvalue weighted by Crippen LogP contribution is -2.38. The van der Waals surface area contributed by atoms with E-state index in [0.717, 1.165) is 17.0 Å². The Hall–Kier alpha value is -1.91. The van der Waals surface area contributed by atoms with Crippen LogP contribution >= 0.6 is 0 Å². The molecule has 0 aliphatic carbocycles. The van der Waals surface area contributed by atoms with Gasteiger partial charge < -0.3 is 9.31 Å². The number of hydrogen-bond donors (Lipinski definition) is 1. The molecule has 0 saturated heterocycles. The van der Waals surface area contributed by atoms with Crippen LogP contribution in [-0.4, -0.2) is 17.3 Å². The second kappa shape index (κ2) is 2.80. The number of para-hydroxylation sites is 2. The molecule has 68 valence electrons. The van der Waals surface area contributed by atoms with Crippen LogP contribution in [0.25, 0.3) is 0 Å². The first kappa shape index (κ1) is 7.49. The standard InChI is InChI=1S/C9H7BN2O2/c1-2-4-9-8(3-1)13-10(14-9)7-5-11-12-6-7/h1-6H,(H,11,12). The van der Waals surface area contributed by atoms with Crippen LogP contribution in [0.5, 0.6) is 11.5 Å². The molecule has 4 nitrogen and oxygen atoms in total. The minimum atomic E-state index is -0.369. The average Bonchev–Trinajstić information content (AvgIpc) is 2.86. The van der Waals surface area contributed by atoms with Gasteiger partial charge in [0, 0.05) is 11.7 Å². The van der Waals surface area contributed by atoms with Crippen molar-refractivity contribution in [2.45, 2.75) is 0 Å². The lowest BCUT2D eigenvalue weighted by Gasteiger charge is -1.99. The summed E-state index contributed by atoms with van der Waals surface area (Å²) in [5.74, 6) is 1.55. The molecule has 0 atom stereocenters. The molecule has 0 fully saturated rings. The largest absolute Gasteiger partial charge is 0.636 e. The van der Waals surface area contributed by atoms with E-state index in [2.05, 4.69) is 10.2 Å². The van der Waals surface area contributed by atoms with Gasteiger partial charge in [0.25, 0.3) is 0 Å². The molecule has 3 rings (SSSR count). The van der Waals surface area contributed by atoms with Crippen molar-refractivity contribution in [3.8, 4) is 11.5 Å². The highest BCUT2D eigenvalue weighted by molar-refractivity contribution is 6.63. The topological polar surface area (TPSA) is 47.1 Å². The van der Waals surface area contributed by atoms with Crippen molar-refractivity contribution in [3.63, 3.8) is 0 Å². The van der Waals surface area contributed by atoms with Crippen LogP contribution in [0.1, 0.15) is 0 Å². The number of H-pyrrole nitrogens is 1. The second-order valence-electron chi connectivity index (χ2n) is 3.05. The first-order valence-electron chi connectivity index (χ1n) is 4.34. The van der Waals surface area contributed by atoms with E-state index in [9.17, 15) is 0 Å². The zero-order valence-electron chi connectivity index (χ0n) is 7.31. The number of nitrogens with one attached hydrogen (secondary N) is 1. The van der Waals surface area contributed by atoms with E-state index in [1.165, 1.54) is 0 Å². The monoisotopic (exact) mass is 186 g/mol. The van der Waals surface area contributed by atoms with Crippen molar-refractivity contribution in [2.24, 2.45) is 0 Å². The minimum absolute atomic E-state index is 0.369. The fourth-order valence-corrected chi connectivity index (χ4v) is 1.43. The Morgan fingerprint density at radius 1 is 1.14 bits per heavy atom. The summed E-state index contributed by atoms with van der Waals surface area (Å²) in [6.07, 6.45) is 3.45. The summed E-state index contributed by atoms with van der Waals surface area (Å²) in [7, 11) is -0.369. The van der Waals surface area contributed by atoms with E-state index in [4.69, 9.17) is 9.31 Å². The number of aromatic nitrogens is 2. The molecule has 0 saturated carbocycles. The van der Waals surface area contributed by atoms with Crippen LogP contribution in [0.2, 0.25) is 0 Å². The van der Waals surface area contributed by atoms with Gasteiger partial charge in [-0.3, -0.25) is 5.10 Å². The van der Waals surface area contributed by atoms with Crippen LogP contribution in [0.4, 0.5) is 0 Å². The Morgan fingerprint density at radius 3 is 2.43 bits per heavy atom. The highest BCUT2D eigenvalue weighted by atomic mass is 16.6. The van der Waals surface area contributed by atoms with Crippen LogP contribution in [0.15, 0.2) is 36.7 Å². The molecule has 1 N–H and O–H groups in total. The van der Waals surface area contributed by atoms with E-state index in [-0.39, 0.29) is 7.12 Å². The summed E-state index contributed by atoms with van der Waals surface area (Å²) in [6.45, 7) is 0.